The number of hydrogen-bond acceptors (Lipinski definition) is 9. The van der Waals surface area contributed by atoms with Crippen LogP contribution >= 0.6 is 0 Å². The van der Waals surface area contributed by atoms with E-state index in [-0.39, 0.29) is 22.1 Å². The fraction of sp³-hybridized carbons (Fsp3) is 0.103. The lowest BCUT2D eigenvalue weighted by Crippen LogP contribution is -2.26. The molecule has 0 aliphatic rings. The minimum atomic E-state index is -4.17. The summed E-state index contributed by atoms with van der Waals surface area (Å²) in [5.74, 6) is 0.251. The summed E-state index contributed by atoms with van der Waals surface area (Å²) in [7, 11) is -2.65. The van der Waals surface area contributed by atoms with Gasteiger partial charge in [0.05, 0.1) is 34.4 Å². The van der Waals surface area contributed by atoms with Gasteiger partial charge in [-0.25, -0.2) is 18.4 Å². The molecule has 2 aromatic heterocycles. The van der Waals surface area contributed by atoms with Crippen LogP contribution in [0.1, 0.15) is 15.9 Å². The van der Waals surface area contributed by atoms with Crippen LogP contribution < -0.4 is 25.8 Å². The number of amides is 1. The van der Waals surface area contributed by atoms with E-state index in [9.17, 15) is 13.2 Å². The summed E-state index contributed by atoms with van der Waals surface area (Å²) in [6, 6.07) is 21.6. The van der Waals surface area contributed by atoms with Gasteiger partial charge in [-0.3, -0.25) is 14.5 Å². The fourth-order valence-electron chi connectivity index (χ4n) is 4.02. The lowest BCUT2D eigenvalue weighted by molar-refractivity contribution is 0.0954. The Hall–Kier alpha value is -5.23. The minimum absolute atomic E-state index is 0.0434. The molecule has 0 atom stereocenters. The zero-order valence-corrected chi connectivity index (χ0v) is 22.9. The van der Waals surface area contributed by atoms with E-state index in [2.05, 4.69) is 30.3 Å². The first-order chi connectivity index (χ1) is 19.8. The number of rotatable bonds is 10. The second-order valence-corrected chi connectivity index (χ2v) is 10.7. The molecular formula is C29H27N7O4S. The van der Waals surface area contributed by atoms with Gasteiger partial charge in [-0.2, -0.15) is 0 Å². The number of carbonyl (C=O) groups excluding carboxylic acids is 1. The van der Waals surface area contributed by atoms with E-state index in [1.165, 1.54) is 25.3 Å². The summed E-state index contributed by atoms with van der Waals surface area (Å²) in [6.07, 6.45) is 3.98. The number of hydrogen-bond donors (Lipinski definition) is 4. The number of ether oxygens (including phenoxy) is 1. The van der Waals surface area contributed by atoms with Gasteiger partial charge in [0, 0.05) is 30.6 Å². The molecule has 1 amide bonds. The van der Waals surface area contributed by atoms with Crippen LogP contribution in [0.25, 0.3) is 11.0 Å². The zero-order chi connectivity index (χ0) is 28.8. The summed E-state index contributed by atoms with van der Waals surface area (Å²) in [5, 5.41) is 5.89. The lowest BCUT2D eigenvalue weighted by Gasteiger charge is -2.15. The molecule has 0 radical (unpaired) electrons. The number of aromatic nitrogens is 3. The average Bonchev–Trinajstić information content (AvgIpc) is 2.99. The molecule has 208 valence electrons. The van der Waals surface area contributed by atoms with Crippen molar-refractivity contribution in [3.8, 4) is 5.75 Å². The number of nitrogens with one attached hydrogen (secondary N) is 3. The van der Waals surface area contributed by atoms with Crippen molar-refractivity contribution in [1.29, 1.82) is 0 Å². The molecule has 2 heterocycles. The van der Waals surface area contributed by atoms with Crippen molar-refractivity contribution >= 4 is 50.0 Å². The third-order valence-corrected chi connectivity index (χ3v) is 7.51. The molecule has 5 rings (SSSR count). The molecule has 0 saturated carbocycles. The lowest BCUT2D eigenvalue weighted by atomic mass is 10.2. The molecule has 0 spiro atoms. The molecule has 11 nitrogen and oxygen atoms in total. The van der Waals surface area contributed by atoms with Gasteiger partial charge < -0.3 is 21.1 Å². The van der Waals surface area contributed by atoms with Crippen LogP contribution in [0.4, 0.5) is 23.0 Å². The van der Waals surface area contributed by atoms with Crippen LogP contribution in [-0.2, 0) is 16.4 Å². The molecule has 0 fully saturated rings. The number of nitrogens with zero attached hydrogens (tertiary/aromatic N) is 3. The normalized spacial score (nSPS) is 11.1. The fourth-order valence-corrected chi connectivity index (χ4v) is 5.07. The highest BCUT2D eigenvalue weighted by atomic mass is 32.2. The number of pyridine rings is 1. The minimum Gasteiger partial charge on any atom is -0.497 e. The summed E-state index contributed by atoms with van der Waals surface area (Å²) < 4.78 is 34.8. The SMILES string of the molecule is COc1ccc(N)c(Nc2nc3ccccc3nc2NS(=O)(=O)c2cccc(C(=O)NCCc3ccncc3)c2)c1. The van der Waals surface area contributed by atoms with Crippen molar-refractivity contribution in [2.45, 2.75) is 11.3 Å². The van der Waals surface area contributed by atoms with E-state index >= 15 is 0 Å². The predicted octanol–water partition coefficient (Wildman–Crippen LogP) is 4.13. The predicted molar refractivity (Wildman–Crippen MR) is 158 cm³/mol. The van der Waals surface area contributed by atoms with Gasteiger partial charge in [-0.1, -0.05) is 18.2 Å². The van der Waals surface area contributed by atoms with Crippen LogP contribution in [0.15, 0.2) is 96.2 Å². The first kappa shape index (κ1) is 27.3. The highest BCUT2D eigenvalue weighted by Gasteiger charge is 2.21. The third-order valence-electron chi connectivity index (χ3n) is 6.17. The van der Waals surface area contributed by atoms with Crippen molar-refractivity contribution in [3.05, 3.63) is 102 Å². The quantitative estimate of drug-likeness (QED) is 0.181. The van der Waals surface area contributed by atoms with Crippen molar-refractivity contribution in [3.63, 3.8) is 0 Å². The Balaban J connectivity index is 1.40. The molecule has 5 N–H and O–H groups in total. The van der Waals surface area contributed by atoms with Crippen LogP contribution in [0.3, 0.4) is 0 Å². The second kappa shape index (κ2) is 11.9. The summed E-state index contributed by atoms with van der Waals surface area (Å²) in [5.41, 5.74) is 9.26. The Morgan fingerprint density at radius 1 is 0.902 bits per heavy atom. The topological polar surface area (TPSA) is 161 Å². The van der Waals surface area contributed by atoms with Gasteiger partial charge in [0.1, 0.15) is 5.75 Å². The van der Waals surface area contributed by atoms with Crippen LogP contribution in [0.2, 0.25) is 0 Å². The number of para-hydroxylation sites is 2. The van der Waals surface area contributed by atoms with Crippen LogP contribution in [0, 0.1) is 0 Å². The zero-order valence-electron chi connectivity index (χ0n) is 22.0. The molecule has 12 heteroatoms. The van der Waals surface area contributed by atoms with Gasteiger partial charge in [-0.15, -0.1) is 0 Å². The van der Waals surface area contributed by atoms with Crippen molar-refractivity contribution in [2.75, 3.05) is 29.4 Å². The average molecular weight is 570 g/mol. The van der Waals surface area contributed by atoms with E-state index < -0.39 is 15.9 Å². The third kappa shape index (κ3) is 6.50. The van der Waals surface area contributed by atoms with Crippen molar-refractivity contribution < 1.29 is 17.9 Å². The molecular weight excluding hydrogens is 542 g/mol. The smallest absolute Gasteiger partial charge is 0.263 e. The maximum atomic E-state index is 13.5. The Labute approximate surface area is 236 Å². The van der Waals surface area contributed by atoms with Gasteiger partial charge in [0.2, 0.25) is 0 Å². The number of nitrogens with two attached hydrogens (primary N) is 1. The van der Waals surface area contributed by atoms with E-state index in [1.807, 2.05) is 12.1 Å². The molecule has 0 saturated heterocycles. The first-order valence-electron chi connectivity index (χ1n) is 12.6. The highest BCUT2D eigenvalue weighted by molar-refractivity contribution is 7.92. The van der Waals surface area contributed by atoms with E-state index in [0.717, 1.165) is 5.56 Å². The molecule has 0 aliphatic carbocycles. The molecule has 5 aromatic rings. The van der Waals surface area contributed by atoms with Gasteiger partial charge in [0.15, 0.2) is 11.6 Å². The summed E-state index contributed by atoms with van der Waals surface area (Å²) >= 11 is 0. The summed E-state index contributed by atoms with van der Waals surface area (Å²) in [4.78, 5) is 25.7. The molecule has 0 bridgehead atoms. The Morgan fingerprint density at radius 2 is 1.63 bits per heavy atom. The van der Waals surface area contributed by atoms with E-state index in [4.69, 9.17) is 10.5 Å². The number of nitrogen functional groups attached to an aromatic ring is 1. The van der Waals surface area contributed by atoms with E-state index in [1.54, 1.807) is 60.9 Å². The van der Waals surface area contributed by atoms with Gasteiger partial charge >= 0.3 is 0 Å². The number of fused-ring (bicyclic) bond motifs is 1. The monoisotopic (exact) mass is 569 g/mol. The van der Waals surface area contributed by atoms with Gasteiger partial charge in [0.25, 0.3) is 15.9 Å². The van der Waals surface area contributed by atoms with E-state index in [0.29, 0.717) is 41.1 Å². The molecule has 3 aromatic carbocycles. The molecule has 41 heavy (non-hydrogen) atoms. The maximum absolute atomic E-state index is 13.5. The number of methoxy groups -OCH3 is 1. The van der Waals surface area contributed by atoms with Crippen LogP contribution in [0.5, 0.6) is 5.75 Å². The largest absolute Gasteiger partial charge is 0.497 e. The molecule has 0 aliphatic heterocycles. The first-order valence-corrected chi connectivity index (χ1v) is 14.1. The number of benzene rings is 3. The Kier molecular flexibility index (Phi) is 7.92. The second-order valence-electron chi connectivity index (χ2n) is 8.98. The highest BCUT2D eigenvalue weighted by Crippen LogP contribution is 2.31. The standard InChI is InChI=1S/C29H27N7O4S/c1-40-21-9-10-23(30)26(18-21)35-27-28(34-25-8-3-2-7-24(25)33-27)36-41(38,39)22-6-4-5-20(17-22)29(37)32-16-13-19-11-14-31-15-12-19/h2-12,14-15,17-18H,13,16,30H2,1H3,(H,32,37)(H,33,35)(H,34,36). The summed E-state index contributed by atoms with van der Waals surface area (Å²) in [6.45, 7) is 0.382. The van der Waals surface area contributed by atoms with Crippen LogP contribution in [-0.4, -0.2) is 42.9 Å². The number of carbonyl (C=O) groups is 1. The number of sulfonamides is 1. The Morgan fingerprint density at radius 3 is 2.37 bits per heavy atom. The van der Waals surface area contributed by atoms with Gasteiger partial charge in [-0.05, 0) is 66.6 Å². The van der Waals surface area contributed by atoms with Crippen molar-refractivity contribution in [1.82, 2.24) is 20.3 Å². The molecule has 0 unspecified atom stereocenters. The van der Waals surface area contributed by atoms with Crippen molar-refractivity contribution in [2.24, 2.45) is 0 Å². The Bertz CT molecular complexity index is 1820. The maximum Gasteiger partial charge on any atom is 0.263 e. The number of anilines is 4.